The Labute approximate surface area is 162 Å². The van der Waals surface area contributed by atoms with Crippen LogP contribution in [0.25, 0.3) is 0 Å². The maximum absolute atomic E-state index is 12.1. The van der Waals surface area contributed by atoms with Crippen molar-refractivity contribution in [2.45, 2.75) is 20.5 Å². The molecule has 0 unspecified atom stereocenters. The largest absolute Gasteiger partial charge is 0.488 e. The monoisotopic (exact) mass is 380 g/mol. The molecule has 0 saturated heterocycles. The SMILES string of the molecule is Cc1cccc(C)c1OCc1ccc(C(=O)O/N=C(\N)c2cccs2)cc1. The molecule has 6 heteroatoms. The van der Waals surface area contributed by atoms with Crippen LogP contribution in [-0.4, -0.2) is 11.8 Å². The number of hydrogen-bond donors (Lipinski definition) is 1. The van der Waals surface area contributed by atoms with Crippen LogP contribution >= 0.6 is 11.3 Å². The van der Waals surface area contributed by atoms with Gasteiger partial charge in [-0.3, -0.25) is 0 Å². The van der Waals surface area contributed by atoms with E-state index in [0.717, 1.165) is 27.3 Å². The summed E-state index contributed by atoms with van der Waals surface area (Å²) in [6.07, 6.45) is 0. The lowest BCUT2D eigenvalue weighted by molar-refractivity contribution is 0.0516. The molecule has 5 nitrogen and oxygen atoms in total. The van der Waals surface area contributed by atoms with Crippen molar-refractivity contribution in [3.05, 3.63) is 87.1 Å². The van der Waals surface area contributed by atoms with Crippen LogP contribution in [0.1, 0.15) is 31.9 Å². The molecule has 0 aliphatic rings. The van der Waals surface area contributed by atoms with Crippen LogP contribution in [0.3, 0.4) is 0 Å². The van der Waals surface area contributed by atoms with E-state index in [9.17, 15) is 4.79 Å². The fourth-order valence-corrected chi connectivity index (χ4v) is 3.15. The van der Waals surface area contributed by atoms with Crippen molar-refractivity contribution in [1.82, 2.24) is 0 Å². The molecule has 1 aromatic heterocycles. The Morgan fingerprint density at radius 2 is 1.74 bits per heavy atom. The Morgan fingerprint density at radius 1 is 1.04 bits per heavy atom. The molecule has 0 aliphatic carbocycles. The number of hydrogen-bond acceptors (Lipinski definition) is 5. The minimum absolute atomic E-state index is 0.178. The Bertz CT molecular complexity index is 928. The summed E-state index contributed by atoms with van der Waals surface area (Å²) in [7, 11) is 0. The highest BCUT2D eigenvalue weighted by atomic mass is 32.1. The number of benzene rings is 2. The van der Waals surface area contributed by atoms with E-state index in [4.69, 9.17) is 15.3 Å². The molecule has 27 heavy (non-hydrogen) atoms. The zero-order chi connectivity index (χ0) is 19.2. The van der Waals surface area contributed by atoms with Gasteiger partial charge in [0.1, 0.15) is 12.4 Å². The Morgan fingerprint density at radius 3 is 2.37 bits per heavy atom. The number of thiophene rings is 1. The third kappa shape index (κ3) is 4.74. The Hall–Kier alpha value is -3.12. The van der Waals surface area contributed by atoms with E-state index in [-0.39, 0.29) is 5.84 Å². The van der Waals surface area contributed by atoms with Crippen molar-refractivity contribution in [3.63, 3.8) is 0 Å². The van der Waals surface area contributed by atoms with Crippen molar-refractivity contribution >= 4 is 23.1 Å². The fourth-order valence-electron chi connectivity index (χ4n) is 2.53. The van der Waals surface area contributed by atoms with Crippen LogP contribution in [0.4, 0.5) is 0 Å². The van der Waals surface area contributed by atoms with E-state index < -0.39 is 5.97 Å². The molecule has 2 N–H and O–H groups in total. The van der Waals surface area contributed by atoms with Crippen LogP contribution < -0.4 is 10.5 Å². The lowest BCUT2D eigenvalue weighted by atomic mass is 10.1. The molecule has 2 aromatic carbocycles. The molecule has 3 aromatic rings. The van der Waals surface area contributed by atoms with E-state index in [1.165, 1.54) is 11.3 Å². The van der Waals surface area contributed by atoms with Gasteiger partial charge < -0.3 is 15.3 Å². The zero-order valence-electron chi connectivity index (χ0n) is 15.1. The number of rotatable bonds is 6. The van der Waals surface area contributed by atoms with Crippen molar-refractivity contribution < 1.29 is 14.4 Å². The summed E-state index contributed by atoms with van der Waals surface area (Å²) in [5.41, 5.74) is 9.31. The van der Waals surface area contributed by atoms with Gasteiger partial charge in [0.05, 0.1) is 10.4 Å². The summed E-state index contributed by atoms with van der Waals surface area (Å²) in [5, 5.41) is 5.57. The summed E-state index contributed by atoms with van der Waals surface area (Å²) >= 11 is 1.43. The lowest BCUT2D eigenvalue weighted by Gasteiger charge is -2.12. The lowest BCUT2D eigenvalue weighted by Crippen LogP contribution is -2.13. The number of carbonyl (C=O) groups is 1. The first kappa shape index (κ1) is 18.7. The van der Waals surface area contributed by atoms with Crippen LogP contribution in [-0.2, 0) is 11.4 Å². The fraction of sp³-hybridized carbons (Fsp3) is 0.143. The smallest absolute Gasteiger partial charge is 0.365 e. The van der Waals surface area contributed by atoms with Gasteiger partial charge in [0.15, 0.2) is 5.84 Å². The molecule has 0 atom stereocenters. The van der Waals surface area contributed by atoms with Crippen LogP contribution in [0.5, 0.6) is 5.75 Å². The molecule has 0 radical (unpaired) electrons. The van der Waals surface area contributed by atoms with E-state index in [1.54, 1.807) is 12.1 Å². The minimum atomic E-state index is -0.559. The third-order valence-electron chi connectivity index (χ3n) is 3.98. The highest BCUT2D eigenvalue weighted by Gasteiger charge is 2.09. The van der Waals surface area contributed by atoms with E-state index in [1.807, 2.05) is 61.7 Å². The summed E-state index contributed by atoms with van der Waals surface area (Å²) in [5.74, 6) is 0.507. The second kappa shape index (κ2) is 8.51. The number of ether oxygens (including phenoxy) is 1. The number of carbonyl (C=O) groups excluding carboxylic acids is 1. The highest BCUT2D eigenvalue weighted by molar-refractivity contribution is 7.12. The molecule has 0 fully saturated rings. The van der Waals surface area contributed by atoms with E-state index >= 15 is 0 Å². The number of amidine groups is 1. The van der Waals surface area contributed by atoms with E-state index in [2.05, 4.69) is 5.16 Å². The molecule has 0 saturated carbocycles. The van der Waals surface area contributed by atoms with Crippen LogP contribution in [0, 0.1) is 13.8 Å². The number of aryl methyl sites for hydroxylation is 2. The third-order valence-corrected chi connectivity index (χ3v) is 4.87. The maximum Gasteiger partial charge on any atom is 0.365 e. The van der Waals surface area contributed by atoms with Gasteiger partial charge in [-0.25, -0.2) is 4.79 Å². The number of nitrogens with two attached hydrogens (primary N) is 1. The number of oxime groups is 1. The van der Waals surface area contributed by atoms with Gasteiger partial charge in [-0.15, -0.1) is 11.3 Å². The zero-order valence-corrected chi connectivity index (χ0v) is 16.0. The van der Waals surface area contributed by atoms with Gasteiger partial charge in [-0.05, 0) is 54.1 Å². The molecule has 0 bridgehead atoms. The normalized spacial score (nSPS) is 11.3. The van der Waals surface area contributed by atoms with Crippen LogP contribution in [0.2, 0.25) is 0 Å². The summed E-state index contributed by atoms with van der Waals surface area (Å²) in [6.45, 7) is 4.46. The van der Waals surface area contributed by atoms with Gasteiger partial charge in [0.25, 0.3) is 0 Å². The van der Waals surface area contributed by atoms with Gasteiger partial charge >= 0.3 is 5.97 Å². The molecule has 0 aliphatic heterocycles. The Balaban J connectivity index is 1.60. The first-order valence-corrected chi connectivity index (χ1v) is 9.29. The molecule has 0 spiro atoms. The van der Waals surface area contributed by atoms with Crippen molar-refractivity contribution in [3.8, 4) is 5.75 Å². The average molecular weight is 380 g/mol. The maximum atomic E-state index is 12.1. The standard InChI is InChI=1S/C21H20N2O3S/c1-14-5-3-6-15(2)19(14)25-13-16-8-10-17(11-9-16)21(24)26-23-20(22)18-7-4-12-27-18/h3-12H,13H2,1-2H3,(H2,22,23). The molecule has 3 rings (SSSR count). The van der Waals surface area contributed by atoms with Crippen molar-refractivity contribution in [2.24, 2.45) is 10.9 Å². The predicted molar refractivity (Wildman–Crippen MR) is 107 cm³/mol. The van der Waals surface area contributed by atoms with Crippen molar-refractivity contribution in [1.29, 1.82) is 0 Å². The quantitative estimate of drug-likeness (QED) is 0.297. The number of para-hydroxylation sites is 1. The Kier molecular flexibility index (Phi) is 5.88. The summed E-state index contributed by atoms with van der Waals surface area (Å²) in [6, 6.07) is 16.7. The second-order valence-electron chi connectivity index (χ2n) is 6.04. The van der Waals surface area contributed by atoms with Gasteiger partial charge in [0.2, 0.25) is 0 Å². The number of nitrogens with zero attached hydrogens (tertiary/aromatic N) is 1. The van der Waals surface area contributed by atoms with Gasteiger partial charge in [-0.1, -0.05) is 41.6 Å². The van der Waals surface area contributed by atoms with Gasteiger partial charge in [-0.2, -0.15) is 0 Å². The van der Waals surface area contributed by atoms with Crippen LogP contribution in [0.15, 0.2) is 65.1 Å². The molecule has 0 amide bonds. The summed E-state index contributed by atoms with van der Waals surface area (Å²) < 4.78 is 5.92. The minimum Gasteiger partial charge on any atom is -0.488 e. The highest BCUT2D eigenvalue weighted by Crippen LogP contribution is 2.23. The second-order valence-corrected chi connectivity index (χ2v) is 6.99. The average Bonchev–Trinajstić information content (AvgIpc) is 3.21. The van der Waals surface area contributed by atoms with Gasteiger partial charge in [0, 0.05) is 0 Å². The van der Waals surface area contributed by atoms with Crippen molar-refractivity contribution in [2.75, 3.05) is 0 Å². The first-order chi connectivity index (χ1) is 13.0. The summed E-state index contributed by atoms with van der Waals surface area (Å²) in [4.78, 5) is 17.8. The molecule has 1 heterocycles. The topological polar surface area (TPSA) is 73.9 Å². The molecular formula is C21H20N2O3S. The molecular weight excluding hydrogens is 360 g/mol. The predicted octanol–water partition coefficient (Wildman–Crippen LogP) is 4.42. The molecule has 138 valence electrons. The first-order valence-electron chi connectivity index (χ1n) is 8.41. The van der Waals surface area contributed by atoms with E-state index in [0.29, 0.717) is 12.2 Å².